The minimum atomic E-state index is -0.992. The van der Waals surface area contributed by atoms with Crippen LogP contribution in [0.5, 0.6) is 0 Å². The van der Waals surface area contributed by atoms with Crippen LogP contribution in [0, 0.1) is 6.92 Å². The maximum absolute atomic E-state index is 12.6. The first-order chi connectivity index (χ1) is 10.0. The third-order valence-corrected chi connectivity index (χ3v) is 4.01. The van der Waals surface area contributed by atoms with Crippen LogP contribution in [-0.4, -0.2) is 46.4 Å². The molecule has 1 aromatic rings. The summed E-state index contributed by atoms with van der Waals surface area (Å²) in [6, 6.07) is 3.10. The topological polar surface area (TPSA) is 91.4 Å². The number of nitrogens with zero attached hydrogens (tertiary/aromatic N) is 2. The Morgan fingerprint density at radius 2 is 2.24 bits per heavy atom. The largest absolute Gasteiger partial charge is 0.334 e. The van der Waals surface area contributed by atoms with Crippen LogP contribution < -0.4 is 10.6 Å². The van der Waals surface area contributed by atoms with Gasteiger partial charge in [0.05, 0.1) is 6.54 Å². The molecule has 1 spiro atoms. The molecule has 0 bridgehead atoms. The van der Waals surface area contributed by atoms with E-state index in [4.69, 9.17) is 0 Å². The molecule has 1 atom stereocenters. The number of carbonyl (C=O) groups is 3. The number of aryl methyl sites for hydroxylation is 1. The number of carbonyl (C=O) groups excluding carboxylic acids is 3. The Labute approximate surface area is 121 Å². The Hall–Kier alpha value is -2.44. The fraction of sp³-hybridized carbons (Fsp3) is 0.429. The summed E-state index contributed by atoms with van der Waals surface area (Å²) in [4.78, 5) is 41.6. The van der Waals surface area contributed by atoms with Crippen molar-refractivity contribution in [3.05, 3.63) is 29.6 Å². The monoisotopic (exact) mass is 288 g/mol. The maximum atomic E-state index is 12.6. The molecule has 7 nitrogen and oxygen atoms in total. The van der Waals surface area contributed by atoms with Crippen LogP contribution in [0.1, 0.15) is 28.9 Å². The number of hydrogen-bond donors (Lipinski definition) is 2. The normalized spacial score (nSPS) is 24.9. The Kier molecular flexibility index (Phi) is 3.12. The number of rotatable bonds is 1. The molecule has 1 aromatic heterocycles. The SMILES string of the molecule is Cc1cccnc1C(=O)N1CCCC2(C1)NC(=O)NC2=O. The number of hydrogen-bond acceptors (Lipinski definition) is 4. The second kappa shape index (κ2) is 4.83. The average molecular weight is 288 g/mol. The van der Waals surface area contributed by atoms with E-state index in [0.717, 1.165) is 5.56 Å². The van der Waals surface area contributed by atoms with Gasteiger partial charge in [0.2, 0.25) is 0 Å². The van der Waals surface area contributed by atoms with Crippen LogP contribution in [0.3, 0.4) is 0 Å². The van der Waals surface area contributed by atoms with Gasteiger partial charge in [0.1, 0.15) is 11.2 Å². The molecule has 0 aromatic carbocycles. The quantitative estimate of drug-likeness (QED) is 0.722. The van der Waals surface area contributed by atoms with Gasteiger partial charge in [-0.25, -0.2) is 4.79 Å². The van der Waals surface area contributed by atoms with Gasteiger partial charge in [0, 0.05) is 12.7 Å². The fourth-order valence-corrected chi connectivity index (χ4v) is 2.90. The van der Waals surface area contributed by atoms with Gasteiger partial charge in [-0.05, 0) is 31.4 Å². The standard InChI is InChI=1S/C14H16N4O3/c1-9-4-2-6-15-10(9)11(19)18-7-3-5-14(8-18)12(20)16-13(21)17-14/h2,4,6H,3,5,7-8H2,1H3,(H2,16,17,20,21). The number of imide groups is 1. The highest BCUT2D eigenvalue weighted by atomic mass is 16.2. The second-order valence-electron chi connectivity index (χ2n) is 5.49. The highest BCUT2D eigenvalue weighted by molar-refractivity contribution is 6.07. The van der Waals surface area contributed by atoms with Gasteiger partial charge in [0.25, 0.3) is 11.8 Å². The summed E-state index contributed by atoms with van der Waals surface area (Å²) >= 11 is 0. The lowest BCUT2D eigenvalue weighted by Gasteiger charge is -2.37. The number of piperidine rings is 1. The van der Waals surface area contributed by atoms with Crippen LogP contribution in [0.4, 0.5) is 4.79 Å². The third-order valence-electron chi connectivity index (χ3n) is 4.01. The molecule has 0 saturated carbocycles. The molecular formula is C14H16N4O3. The van der Waals surface area contributed by atoms with Crippen LogP contribution in [0.2, 0.25) is 0 Å². The highest BCUT2D eigenvalue weighted by Crippen LogP contribution is 2.25. The summed E-state index contributed by atoms with van der Waals surface area (Å²) in [6.07, 6.45) is 2.77. The lowest BCUT2D eigenvalue weighted by molar-refractivity contribution is -0.125. The molecule has 1 unspecified atom stereocenters. The lowest BCUT2D eigenvalue weighted by Crippen LogP contribution is -2.59. The van der Waals surface area contributed by atoms with E-state index < -0.39 is 11.6 Å². The summed E-state index contributed by atoms with van der Waals surface area (Å²) in [5.41, 5.74) is 0.189. The van der Waals surface area contributed by atoms with Crippen LogP contribution in [0.15, 0.2) is 18.3 Å². The molecule has 2 aliphatic heterocycles. The van der Waals surface area contributed by atoms with Crippen molar-refractivity contribution in [1.82, 2.24) is 20.5 Å². The molecule has 3 rings (SSSR count). The van der Waals surface area contributed by atoms with Gasteiger partial charge < -0.3 is 10.2 Å². The Morgan fingerprint density at radius 3 is 2.90 bits per heavy atom. The van der Waals surface area contributed by atoms with E-state index in [0.29, 0.717) is 25.1 Å². The molecule has 110 valence electrons. The number of urea groups is 1. The van der Waals surface area contributed by atoms with Gasteiger partial charge in [-0.2, -0.15) is 0 Å². The van der Waals surface area contributed by atoms with Crippen molar-refractivity contribution in [1.29, 1.82) is 0 Å². The van der Waals surface area contributed by atoms with E-state index in [1.54, 1.807) is 17.2 Å². The highest BCUT2D eigenvalue weighted by Gasteiger charge is 2.49. The first-order valence-electron chi connectivity index (χ1n) is 6.86. The van der Waals surface area contributed by atoms with Crippen molar-refractivity contribution < 1.29 is 14.4 Å². The van der Waals surface area contributed by atoms with Gasteiger partial charge in [-0.1, -0.05) is 6.07 Å². The van der Waals surface area contributed by atoms with Crippen LogP contribution in [0.25, 0.3) is 0 Å². The molecule has 0 aliphatic carbocycles. The predicted octanol–water partition coefficient (Wildman–Crippen LogP) is 0.204. The number of amides is 4. The summed E-state index contributed by atoms with van der Waals surface area (Å²) in [5, 5.41) is 4.90. The van der Waals surface area contributed by atoms with Crippen LogP contribution in [-0.2, 0) is 4.79 Å². The summed E-state index contributed by atoms with van der Waals surface area (Å²) < 4.78 is 0. The van der Waals surface area contributed by atoms with E-state index in [9.17, 15) is 14.4 Å². The molecule has 7 heteroatoms. The van der Waals surface area contributed by atoms with E-state index in [2.05, 4.69) is 15.6 Å². The lowest BCUT2D eigenvalue weighted by atomic mass is 9.89. The number of aromatic nitrogens is 1. The smallest absolute Gasteiger partial charge is 0.322 e. The molecule has 0 radical (unpaired) electrons. The van der Waals surface area contributed by atoms with Crippen molar-refractivity contribution in [2.75, 3.05) is 13.1 Å². The van der Waals surface area contributed by atoms with Crippen molar-refractivity contribution in [3.63, 3.8) is 0 Å². The zero-order valence-corrected chi connectivity index (χ0v) is 11.7. The summed E-state index contributed by atoms with van der Waals surface area (Å²) in [6.45, 7) is 2.56. The zero-order valence-electron chi connectivity index (χ0n) is 11.7. The predicted molar refractivity (Wildman–Crippen MR) is 73.5 cm³/mol. The molecular weight excluding hydrogens is 272 g/mol. The summed E-state index contributed by atoms with van der Waals surface area (Å²) in [7, 11) is 0. The molecule has 3 heterocycles. The van der Waals surface area contributed by atoms with E-state index in [-0.39, 0.29) is 18.4 Å². The molecule has 2 N–H and O–H groups in total. The molecule has 21 heavy (non-hydrogen) atoms. The summed E-state index contributed by atoms with van der Waals surface area (Å²) in [5.74, 6) is -0.566. The first-order valence-corrected chi connectivity index (χ1v) is 6.86. The van der Waals surface area contributed by atoms with Gasteiger partial charge in [0.15, 0.2) is 0 Å². The second-order valence-corrected chi connectivity index (χ2v) is 5.49. The maximum Gasteiger partial charge on any atom is 0.322 e. The molecule has 2 aliphatic rings. The van der Waals surface area contributed by atoms with E-state index >= 15 is 0 Å². The minimum Gasteiger partial charge on any atom is -0.334 e. The first kappa shape index (κ1) is 13.5. The number of likely N-dealkylation sites (tertiary alicyclic amines) is 1. The zero-order chi connectivity index (χ0) is 15.0. The van der Waals surface area contributed by atoms with Crippen LogP contribution >= 0.6 is 0 Å². The van der Waals surface area contributed by atoms with Crippen molar-refractivity contribution >= 4 is 17.8 Å². The van der Waals surface area contributed by atoms with Crippen molar-refractivity contribution in [2.24, 2.45) is 0 Å². The number of nitrogens with one attached hydrogen (secondary N) is 2. The fourth-order valence-electron chi connectivity index (χ4n) is 2.90. The minimum absolute atomic E-state index is 0.180. The molecule has 2 fully saturated rings. The van der Waals surface area contributed by atoms with Gasteiger partial charge in [-0.3, -0.25) is 19.9 Å². The number of pyridine rings is 1. The van der Waals surface area contributed by atoms with E-state index in [1.807, 2.05) is 13.0 Å². The van der Waals surface area contributed by atoms with Gasteiger partial charge >= 0.3 is 6.03 Å². The Morgan fingerprint density at radius 1 is 1.43 bits per heavy atom. The van der Waals surface area contributed by atoms with Crippen molar-refractivity contribution in [3.8, 4) is 0 Å². The average Bonchev–Trinajstić information content (AvgIpc) is 2.72. The molecule has 4 amide bonds. The molecule has 2 saturated heterocycles. The Balaban J connectivity index is 1.84. The van der Waals surface area contributed by atoms with Crippen molar-refractivity contribution in [2.45, 2.75) is 25.3 Å². The van der Waals surface area contributed by atoms with Gasteiger partial charge in [-0.15, -0.1) is 0 Å². The van der Waals surface area contributed by atoms with E-state index in [1.165, 1.54) is 0 Å². The third kappa shape index (κ3) is 2.24. The Bertz CT molecular complexity index is 630.